The highest BCUT2D eigenvalue weighted by molar-refractivity contribution is 6.31. The predicted octanol–water partition coefficient (Wildman–Crippen LogP) is 17.7. The molecular formula is C67H71Cl3F9N13O2. The van der Waals surface area contributed by atoms with E-state index in [0.717, 1.165) is 128 Å². The number of carbonyl (C=O) groups is 1. The summed E-state index contributed by atoms with van der Waals surface area (Å²) in [5.41, 5.74) is 6.01. The Kier molecular flexibility index (Phi) is 20.3. The first kappa shape index (κ1) is 68.0. The summed E-state index contributed by atoms with van der Waals surface area (Å²) in [4.78, 5) is 26.1. The summed E-state index contributed by atoms with van der Waals surface area (Å²) >= 11 is 18.1. The Bertz CT molecular complexity index is 3890. The van der Waals surface area contributed by atoms with E-state index in [1.54, 1.807) is 47.8 Å². The zero-order valence-electron chi connectivity index (χ0n) is 52.1. The zero-order valence-corrected chi connectivity index (χ0v) is 54.3. The molecule has 0 spiro atoms. The molecule has 27 heteroatoms. The van der Waals surface area contributed by atoms with Crippen molar-refractivity contribution in [1.82, 2.24) is 58.0 Å². The monoisotopic (exact) mass is 1370 g/mol. The zero-order chi connectivity index (χ0) is 67.0. The Morgan fingerprint density at radius 2 is 0.883 bits per heavy atom. The minimum atomic E-state index is -4.55. The van der Waals surface area contributed by atoms with Crippen molar-refractivity contribution in [1.29, 1.82) is 0 Å². The molecule has 1 aliphatic heterocycles. The molecule has 9 aromatic rings. The van der Waals surface area contributed by atoms with Gasteiger partial charge in [0.15, 0.2) is 17.1 Å². The molecule has 1 N–H and O–H groups in total. The number of hydrogen-bond donors (Lipinski definition) is 1. The lowest BCUT2D eigenvalue weighted by Gasteiger charge is -2.29. The molecule has 0 bridgehead atoms. The van der Waals surface area contributed by atoms with Crippen molar-refractivity contribution >= 4 is 46.4 Å². The Hall–Kier alpha value is -7.41. The van der Waals surface area contributed by atoms with Gasteiger partial charge in [0.05, 0.1) is 58.4 Å². The van der Waals surface area contributed by atoms with Crippen molar-refractivity contribution in [2.24, 2.45) is 0 Å². The second-order valence-corrected chi connectivity index (χ2v) is 25.9. The fraction of sp³-hybridized carbons (Fsp3) is 0.448. The van der Waals surface area contributed by atoms with Crippen LogP contribution in [0.25, 0.3) is 17.1 Å². The Balaban J connectivity index is 0.000000144. The fourth-order valence-corrected chi connectivity index (χ4v) is 13.4. The minimum Gasteiger partial charge on any atom is -0.396 e. The number of hydrogen-bond acceptors (Lipinski definition) is 8. The average molecular weight is 1370 g/mol. The molecular weight excluding hydrogens is 1300 g/mol. The highest BCUT2D eigenvalue weighted by Gasteiger charge is 2.42. The van der Waals surface area contributed by atoms with E-state index in [2.05, 4.69) is 30.2 Å². The van der Waals surface area contributed by atoms with Gasteiger partial charge in [-0.1, -0.05) is 67.4 Å². The van der Waals surface area contributed by atoms with Crippen LogP contribution in [0.5, 0.6) is 0 Å². The number of alkyl halides is 9. The lowest BCUT2D eigenvalue weighted by Crippen LogP contribution is -2.30. The van der Waals surface area contributed by atoms with E-state index in [1.807, 2.05) is 87.8 Å². The van der Waals surface area contributed by atoms with Crippen LogP contribution in [0.15, 0.2) is 110 Å². The van der Waals surface area contributed by atoms with Gasteiger partial charge in [0.1, 0.15) is 23.5 Å². The van der Waals surface area contributed by atoms with Crippen molar-refractivity contribution in [3.63, 3.8) is 0 Å². The van der Waals surface area contributed by atoms with Gasteiger partial charge in [0.2, 0.25) is 5.91 Å². The number of aliphatic hydroxyl groups is 1. The van der Waals surface area contributed by atoms with Crippen LogP contribution < -0.4 is 4.90 Å². The number of aromatic nitrogens is 12. The lowest BCUT2D eigenvalue weighted by molar-refractivity contribution is -0.141. The van der Waals surface area contributed by atoms with Crippen LogP contribution >= 0.6 is 34.8 Å². The van der Waals surface area contributed by atoms with Crippen molar-refractivity contribution in [2.75, 3.05) is 18.1 Å². The molecule has 1 amide bonds. The fourth-order valence-electron chi connectivity index (χ4n) is 13.1. The van der Waals surface area contributed by atoms with Gasteiger partial charge in [-0.05, 0) is 175 Å². The molecule has 3 aliphatic carbocycles. The maximum atomic E-state index is 13.3. The van der Waals surface area contributed by atoms with Crippen molar-refractivity contribution in [3.8, 4) is 17.1 Å². The number of aliphatic hydroxyl groups excluding tert-OH is 1. The molecule has 3 unspecified atom stereocenters. The normalized spacial score (nSPS) is 17.1. The number of aryl methyl sites for hydroxylation is 3. The van der Waals surface area contributed by atoms with E-state index in [-0.39, 0.29) is 42.2 Å². The Morgan fingerprint density at radius 3 is 1.24 bits per heavy atom. The van der Waals surface area contributed by atoms with Gasteiger partial charge in [-0.3, -0.25) is 4.79 Å². The molecule has 3 atom stereocenters. The van der Waals surface area contributed by atoms with Crippen molar-refractivity contribution in [3.05, 3.63) is 188 Å². The van der Waals surface area contributed by atoms with Gasteiger partial charge in [-0.15, -0.1) is 0 Å². The molecule has 4 aliphatic rings. The van der Waals surface area contributed by atoms with Gasteiger partial charge in [-0.25, -0.2) is 29.0 Å². The van der Waals surface area contributed by atoms with E-state index in [9.17, 15) is 49.4 Å². The van der Waals surface area contributed by atoms with Crippen LogP contribution in [-0.2, 0) is 36.2 Å². The Labute approximate surface area is 552 Å². The van der Waals surface area contributed by atoms with Gasteiger partial charge in [-0.2, -0.15) is 54.8 Å². The van der Waals surface area contributed by atoms with Crippen LogP contribution in [0, 0.1) is 20.8 Å². The van der Waals surface area contributed by atoms with Crippen LogP contribution in [0.1, 0.15) is 189 Å². The van der Waals surface area contributed by atoms with Crippen LogP contribution in [-0.4, -0.2) is 82.2 Å². The first-order valence-corrected chi connectivity index (χ1v) is 32.7. The molecule has 7 heterocycles. The molecule has 1 saturated heterocycles. The summed E-state index contributed by atoms with van der Waals surface area (Å²) in [5.74, 6) is 1.66. The number of halogens is 12. The maximum absolute atomic E-state index is 13.3. The van der Waals surface area contributed by atoms with Crippen LogP contribution in [0.4, 0.5) is 45.2 Å². The maximum Gasteiger partial charge on any atom is 0.434 e. The number of carbonyl (C=O) groups excluding carboxylic acids is 1. The van der Waals surface area contributed by atoms with Crippen molar-refractivity contribution < 1.29 is 49.4 Å². The van der Waals surface area contributed by atoms with Gasteiger partial charge >= 0.3 is 18.5 Å². The highest BCUT2D eigenvalue weighted by atomic mass is 35.5. The van der Waals surface area contributed by atoms with E-state index in [1.165, 1.54) is 28.2 Å². The van der Waals surface area contributed by atoms with Gasteiger partial charge in [0.25, 0.3) is 0 Å². The second kappa shape index (κ2) is 28.1. The largest absolute Gasteiger partial charge is 0.434 e. The molecule has 0 radical (unpaired) electrons. The third-order valence-electron chi connectivity index (χ3n) is 18.5. The van der Waals surface area contributed by atoms with E-state index < -0.39 is 41.7 Å². The molecule has 3 aromatic carbocycles. The van der Waals surface area contributed by atoms with E-state index in [0.29, 0.717) is 65.0 Å². The van der Waals surface area contributed by atoms with Gasteiger partial charge < -0.3 is 23.7 Å². The SMILES string of the molecule is CCCC(Cc1cnn(-c2ccc(Cl)cc2)c1C1CCC1)n1cc(C(F)(F)F)nc1C.Cc1nc(C(F)(F)F)cn1C(CCO)Cc1cnn(-c2ccc(Cl)cc2)c1C1CCC1.Cc1nc(C(F)(F)F)cn1C1CCN(c2cnn(-c3ccc(Cl)cc3)c2C2CCC2)C1=O. The summed E-state index contributed by atoms with van der Waals surface area (Å²) < 4.78 is 129. The standard InChI is InChI=1S/C23H26ClF3N4.C22H21ClF3N5O.C22H24ClF3N4O/c1-3-5-20(30-14-21(23(25,26)27)29-15(30)2)12-17-13-28-31(22(17)16-6-4-7-16)19-10-8-18(24)9-11-19;1-13-28-19(22(24,25)26)12-30(13)17-9-10-29(21(17)32)18-11-27-31(20(18)14-3-2-4-14)16-7-5-15(23)6-8-16;1-14-28-20(22(24,25)26)13-29(14)19(9-10-31)11-16-12-27-30(21(16)15-3-2-4-15)18-7-5-17(23)6-8-18/h8-11,13-14,16,20H,3-7,12H2,1-2H3;5-8,11-12,14,17H,2-4,9-10H2,1H3;5-8,12-13,15,19,31H,2-4,9-11H2,1H3. The van der Waals surface area contributed by atoms with Crippen molar-refractivity contribution in [2.45, 2.75) is 178 Å². The smallest absolute Gasteiger partial charge is 0.396 e. The first-order valence-electron chi connectivity index (χ1n) is 31.6. The molecule has 3 saturated carbocycles. The molecule has 94 heavy (non-hydrogen) atoms. The molecule has 4 fully saturated rings. The van der Waals surface area contributed by atoms with Crippen LogP contribution in [0.3, 0.4) is 0 Å². The number of imidazole rings is 3. The second-order valence-electron chi connectivity index (χ2n) is 24.6. The quantitative estimate of drug-likeness (QED) is 0.0835. The first-order chi connectivity index (χ1) is 44.8. The lowest BCUT2D eigenvalue weighted by atomic mass is 9.80. The number of rotatable bonds is 18. The Morgan fingerprint density at radius 1 is 0.511 bits per heavy atom. The molecule has 6 aromatic heterocycles. The third kappa shape index (κ3) is 14.7. The van der Waals surface area contributed by atoms with E-state index in [4.69, 9.17) is 34.8 Å². The number of benzene rings is 3. The topological polar surface area (TPSA) is 147 Å². The van der Waals surface area contributed by atoms with Gasteiger partial charge in [0, 0.05) is 76.6 Å². The van der Waals surface area contributed by atoms with E-state index >= 15 is 0 Å². The summed E-state index contributed by atoms with van der Waals surface area (Å²) in [6.07, 6.45) is 8.23. The van der Waals surface area contributed by atoms with Crippen LogP contribution in [0.2, 0.25) is 15.1 Å². The predicted molar refractivity (Wildman–Crippen MR) is 339 cm³/mol. The molecule has 13 rings (SSSR count). The number of nitrogens with zero attached hydrogens (tertiary/aromatic N) is 13. The summed E-state index contributed by atoms with van der Waals surface area (Å²) in [5, 5.41) is 25.3. The molecule has 15 nitrogen and oxygen atoms in total. The highest BCUT2D eigenvalue weighted by Crippen LogP contribution is 2.46. The average Bonchev–Trinajstić information content (AvgIpc) is 1.62. The number of anilines is 1. The summed E-state index contributed by atoms with van der Waals surface area (Å²) in [6.45, 7) is 7.02. The summed E-state index contributed by atoms with van der Waals surface area (Å²) in [7, 11) is 0. The summed E-state index contributed by atoms with van der Waals surface area (Å²) in [6, 6.07) is 21.2. The molecule has 500 valence electrons. The minimum absolute atomic E-state index is 0.102. The number of amides is 1. The third-order valence-corrected chi connectivity index (χ3v) is 19.2.